The van der Waals surface area contributed by atoms with Gasteiger partial charge in [0.1, 0.15) is 0 Å². The number of rotatable bonds is 5. The maximum Gasteiger partial charge on any atom is 0.0221 e. The van der Waals surface area contributed by atoms with Gasteiger partial charge in [-0.3, -0.25) is 4.90 Å². The van der Waals surface area contributed by atoms with Crippen LogP contribution >= 0.6 is 0 Å². The third-order valence-electron chi connectivity index (χ3n) is 4.95. The first-order valence-corrected chi connectivity index (χ1v) is 7.82. The van der Waals surface area contributed by atoms with Gasteiger partial charge < -0.3 is 5.32 Å². The van der Waals surface area contributed by atoms with Gasteiger partial charge in [0.15, 0.2) is 0 Å². The molecule has 0 amide bonds. The lowest BCUT2D eigenvalue weighted by Gasteiger charge is -2.33. The lowest BCUT2D eigenvalue weighted by Crippen LogP contribution is -2.45. The van der Waals surface area contributed by atoms with Gasteiger partial charge in [0.2, 0.25) is 0 Å². The number of nitrogens with one attached hydrogen (secondary N) is 1. The van der Waals surface area contributed by atoms with Gasteiger partial charge in [-0.15, -0.1) is 0 Å². The van der Waals surface area contributed by atoms with Crippen molar-refractivity contribution in [2.24, 2.45) is 5.92 Å². The number of hydrogen-bond donors (Lipinski definition) is 1. The summed E-state index contributed by atoms with van der Waals surface area (Å²) in [7, 11) is 0. The second-order valence-corrected chi connectivity index (χ2v) is 5.89. The Labute approximate surface area is 107 Å². The summed E-state index contributed by atoms with van der Waals surface area (Å²) in [6.07, 6.45) is 9.94. The van der Waals surface area contributed by atoms with Crippen molar-refractivity contribution in [3.05, 3.63) is 0 Å². The molecule has 3 unspecified atom stereocenters. The molecule has 1 saturated carbocycles. The first-order chi connectivity index (χ1) is 8.35. The Morgan fingerprint density at radius 1 is 1.06 bits per heavy atom. The topological polar surface area (TPSA) is 15.3 Å². The summed E-state index contributed by atoms with van der Waals surface area (Å²) in [4.78, 5) is 2.65. The molecule has 3 atom stereocenters. The monoisotopic (exact) mass is 238 g/mol. The Bertz CT molecular complexity index is 217. The molecule has 2 aliphatic rings. The van der Waals surface area contributed by atoms with Crippen LogP contribution in [0.25, 0.3) is 0 Å². The third kappa shape index (κ3) is 3.45. The van der Waals surface area contributed by atoms with Crippen molar-refractivity contribution in [2.75, 3.05) is 19.6 Å². The molecule has 2 rings (SSSR count). The van der Waals surface area contributed by atoms with Crippen LogP contribution < -0.4 is 5.32 Å². The van der Waals surface area contributed by atoms with E-state index in [1.54, 1.807) is 0 Å². The molecular formula is C15H30N2. The summed E-state index contributed by atoms with van der Waals surface area (Å²) >= 11 is 0. The average Bonchev–Trinajstić information content (AvgIpc) is 2.84. The zero-order valence-corrected chi connectivity index (χ0v) is 11.8. The van der Waals surface area contributed by atoms with Crippen molar-refractivity contribution < 1.29 is 0 Å². The Kier molecular flexibility index (Phi) is 5.30. The van der Waals surface area contributed by atoms with Crippen molar-refractivity contribution in [1.82, 2.24) is 10.2 Å². The predicted octanol–water partition coefficient (Wildman–Crippen LogP) is 3.03. The molecule has 1 aliphatic heterocycles. The molecule has 17 heavy (non-hydrogen) atoms. The summed E-state index contributed by atoms with van der Waals surface area (Å²) < 4.78 is 0. The van der Waals surface area contributed by atoms with Gasteiger partial charge in [-0.1, -0.05) is 33.1 Å². The van der Waals surface area contributed by atoms with E-state index in [9.17, 15) is 0 Å². The fraction of sp³-hybridized carbons (Fsp3) is 1.00. The Morgan fingerprint density at radius 2 is 1.88 bits per heavy atom. The first-order valence-electron chi connectivity index (χ1n) is 7.82. The minimum absolute atomic E-state index is 0.813. The van der Waals surface area contributed by atoms with E-state index in [2.05, 4.69) is 24.1 Å². The van der Waals surface area contributed by atoms with E-state index in [0.29, 0.717) is 0 Å². The van der Waals surface area contributed by atoms with E-state index in [-0.39, 0.29) is 0 Å². The van der Waals surface area contributed by atoms with Crippen LogP contribution in [-0.4, -0.2) is 36.6 Å². The highest BCUT2D eigenvalue weighted by molar-refractivity contribution is 4.85. The van der Waals surface area contributed by atoms with Crippen molar-refractivity contribution >= 4 is 0 Å². The summed E-state index contributed by atoms with van der Waals surface area (Å²) in [6, 6.07) is 1.63. The molecule has 1 saturated heterocycles. The Hall–Kier alpha value is -0.0800. The molecule has 0 bridgehead atoms. The molecule has 1 heterocycles. The molecule has 0 aromatic rings. The quantitative estimate of drug-likeness (QED) is 0.792. The molecular weight excluding hydrogens is 208 g/mol. The molecule has 0 aromatic carbocycles. The molecule has 2 heteroatoms. The Balaban J connectivity index is 1.76. The molecule has 2 fully saturated rings. The highest BCUT2D eigenvalue weighted by Crippen LogP contribution is 2.27. The second-order valence-electron chi connectivity index (χ2n) is 5.89. The van der Waals surface area contributed by atoms with Gasteiger partial charge in [-0.2, -0.15) is 0 Å². The maximum absolute atomic E-state index is 3.89. The van der Waals surface area contributed by atoms with E-state index in [1.165, 1.54) is 64.6 Å². The van der Waals surface area contributed by atoms with Crippen LogP contribution in [-0.2, 0) is 0 Å². The highest BCUT2D eigenvalue weighted by Gasteiger charge is 2.27. The average molecular weight is 238 g/mol. The highest BCUT2D eigenvalue weighted by atomic mass is 15.2. The Morgan fingerprint density at radius 3 is 2.65 bits per heavy atom. The van der Waals surface area contributed by atoms with E-state index >= 15 is 0 Å². The smallest absolute Gasteiger partial charge is 0.0221 e. The van der Waals surface area contributed by atoms with E-state index in [1.807, 2.05) is 0 Å². The van der Waals surface area contributed by atoms with Crippen molar-refractivity contribution in [3.63, 3.8) is 0 Å². The fourth-order valence-electron chi connectivity index (χ4n) is 3.80. The largest absolute Gasteiger partial charge is 0.312 e. The van der Waals surface area contributed by atoms with Crippen LogP contribution in [0.3, 0.4) is 0 Å². The molecule has 1 aliphatic carbocycles. The van der Waals surface area contributed by atoms with E-state index < -0.39 is 0 Å². The summed E-state index contributed by atoms with van der Waals surface area (Å²) in [5.41, 5.74) is 0. The van der Waals surface area contributed by atoms with Gasteiger partial charge in [-0.25, -0.2) is 0 Å². The minimum atomic E-state index is 0.813. The SMILES string of the molecule is CCC1CCCCC1NCC1CCCN1CC. The molecule has 0 aromatic heterocycles. The van der Waals surface area contributed by atoms with Crippen LogP contribution in [0.1, 0.15) is 58.8 Å². The standard InChI is InChI=1S/C15H30N2/c1-3-13-8-5-6-10-15(13)16-12-14-9-7-11-17(14)4-2/h13-16H,3-12H2,1-2H3. The van der Waals surface area contributed by atoms with Gasteiger partial charge >= 0.3 is 0 Å². The summed E-state index contributed by atoms with van der Waals surface area (Å²) in [5.74, 6) is 0.945. The van der Waals surface area contributed by atoms with Crippen LogP contribution in [0, 0.1) is 5.92 Å². The van der Waals surface area contributed by atoms with Crippen molar-refractivity contribution in [3.8, 4) is 0 Å². The predicted molar refractivity (Wildman–Crippen MR) is 74.3 cm³/mol. The molecule has 1 N–H and O–H groups in total. The molecule has 0 radical (unpaired) electrons. The summed E-state index contributed by atoms with van der Waals surface area (Å²) in [6.45, 7) is 8.44. The zero-order valence-electron chi connectivity index (χ0n) is 11.8. The van der Waals surface area contributed by atoms with Gasteiger partial charge in [0.25, 0.3) is 0 Å². The number of hydrogen-bond acceptors (Lipinski definition) is 2. The van der Waals surface area contributed by atoms with Gasteiger partial charge in [-0.05, 0) is 44.7 Å². The minimum Gasteiger partial charge on any atom is -0.312 e. The van der Waals surface area contributed by atoms with E-state index in [0.717, 1.165) is 18.0 Å². The molecule has 2 nitrogen and oxygen atoms in total. The van der Waals surface area contributed by atoms with Gasteiger partial charge in [0.05, 0.1) is 0 Å². The van der Waals surface area contributed by atoms with E-state index in [4.69, 9.17) is 0 Å². The fourth-order valence-corrected chi connectivity index (χ4v) is 3.80. The van der Waals surface area contributed by atoms with Crippen LogP contribution in [0.4, 0.5) is 0 Å². The number of nitrogens with zero attached hydrogens (tertiary/aromatic N) is 1. The normalized spacial score (nSPS) is 35.3. The van der Waals surface area contributed by atoms with Crippen LogP contribution in [0.15, 0.2) is 0 Å². The lowest BCUT2D eigenvalue weighted by atomic mass is 9.83. The summed E-state index contributed by atoms with van der Waals surface area (Å²) in [5, 5.41) is 3.89. The number of likely N-dealkylation sites (tertiary alicyclic amines) is 1. The first kappa shape index (κ1) is 13.4. The van der Waals surface area contributed by atoms with Crippen LogP contribution in [0.2, 0.25) is 0 Å². The number of likely N-dealkylation sites (N-methyl/N-ethyl adjacent to an activating group) is 1. The lowest BCUT2D eigenvalue weighted by molar-refractivity contribution is 0.214. The van der Waals surface area contributed by atoms with Crippen molar-refractivity contribution in [1.29, 1.82) is 0 Å². The second kappa shape index (κ2) is 6.75. The maximum atomic E-state index is 3.89. The van der Waals surface area contributed by atoms with Gasteiger partial charge in [0, 0.05) is 18.6 Å². The zero-order chi connectivity index (χ0) is 12.1. The third-order valence-corrected chi connectivity index (χ3v) is 4.95. The molecule has 100 valence electrons. The van der Waals surface area contributed by atoms with Crippen molar-refractivity contribution in [2.45, 2.75) is 70.9 Å². The molecule has 0 spiro atoms. The van der Waals surface area contributed by atoms with Crippen LogP contribution in [0.5, 0.6) is 0 Å².